The number of fused-ring (bicyclic) bond motifs is 1. The predicted octanol–water partition coefficient (Wildman–Crippen LogP) is 5.32. The van der Waals surface area contributed by atoms with Crippen LogP contribution in [0, 0.1) is 5.92 Å². The van der Waals surface area contributed by atoms with Gasteiger partial charge < -0.3 is 15.0 Å². The van der Waals surface area contributed by atoms with Crippen molar-refractivity contribution in [3.63, 3.8) is 0 Å². The zero-order valence-corrected chi connectivity index (χ0v) is 20.3. The molecule has 2 aliphatic carbocycles. The van der Waals surface area contributed by atoms with Crippen molar-refractivity contribution in [3.8, 4) is 0 Å². The van der Waals surface area contributed by atoms with Crippen LogP contribution in [0.15, 0.2) is 54.2 Å². The van der Waals surface area contributed by atoms with Crippen molar-refractivity contribution < 1.29 is 9.13 Å². The van der Waals surface area contributed by atoms with Gasteiger partial charge in [-0.2, -0.15) is 0 Å². The highest BCUT2D eigenvalue weighted by Gasteiger charge is 2.25. The van der Waals surface area contributed by atoms with Gasteiger partial charge in [0.25, 0.3) is 0 Å². The summed E-state index contributed by atoms with van der Waals surface area (Å²) in [7, 11) is 2.80. The monoisotopic (exact) mass is 448 g/mol. The standard InChI is InChI=1S/C28H38BFN2O/c1-20(33-3)22-10-13-26-23(18-22)6-4-7-27(29-2)28(26)21-8-11-24(12-9-21)31-25-14-17-32(19-25)16-5-15-30/h8,10-13,18,21,25,29,31H,1,4-7,9,14-17,19H2,2-3H3. The molecule has 0 spiro atoms. The summed E-state index contributed by atoms with van der Waals surface area (Å²) in [5, 5.41) is 3.73. The fourth-order valence-corrected chi connectivity index (χ4v) is 5.62. The Labute approximate surface area is 199 Å². The smallest absolute Gasteiger partial charge is 0.149 e. The number of nitrogens with one attached hydrogen (secondary N) is 1. The molecule has 1 aliphatic heterocycles. The Balaban J connectivity index is 1.48. The van der Waals surface area contributed by atoms with E-state index in [1.54, 1.807) is 12.6 Å². The number of aryl methyl sites for hydroxylation is 1. The lowest BCUT2D eigenvalue weighted by Crippen LogP contribution is -2.32. The number of benzene rings is 1. The maximum atomic E-state index is 12.5. The summed E-state index contributed by atoms with van der Waals surface area (Å²) < 4.78 is 17.9. The van der Waals surface area contributed by atoms with Gasteiger partial charge in [-0.05, 0) is 67.4 Å². The van der Waals surface area contributed by atoms with Crippen LogP contribution in [0.1, 0.15) is 48.8 Å². The largest absolute Gasteiger partial charge is 0.497 e. The van der Waals surface area contributed by atoms with Gasteiger partial charge in [-0.1, -0.05) is 37.7 Å². The minimum absolute atomic E-state index is 0.217. The Kier molecular flexibility index (Phi) is 8.13. The fraction of sp³-hybridized carbons (Fsp3) is 0.500. The van der Waals surface area contributed by atoms with Crippen LogP contribution in [0.3, 0.4) is 0 Å². The normalized spacial score (nSPS) is 23.1. The molecule has 1 fully saturated rings. The van der Waals surface area contributed by atoms with Crippen LogP contribution >= 0.6 is 0 Å². The zero-order valence-electron chi connectivity index (χ0n) is 20.3. The Morgan fingerprint density at radius 1 is 1.33 bits per heavy atom. The van der Waals surface area contributed by atoms with Gasteiger partial charge >= 0.3 is 0 Å². The topological polar surface area (TPSA) is 24.5 Å². The summed E-state index contributed by atoms with van der Waals surface area (Å²) in [6.45, 7) is 9.08. The lowest BCUT2D eigenvalue weighted by molar-refractivity contribution is 0.306. The lowest BCUT2D eigenvalue weighted by atomic mass is 9.65. The van der Waals surface area contributed by atoms with Gasteiger partial charge in [0, 0.05) is 42.9 Å². The highest BCUT2D eigenvalue weighted by molar-refractivity contribution is 6.45. The molecule has 0 bridgehead atoms. The second-order valence-corrected chi connectivity index (χ2v) is 9.56. The highest BCUT2D eigenvalue weighted by atomic mass is 19.1. The van der Waals surface area contributed by atoms with Gasteiger partial charge in [-0.15, -0.1) is 5.47 Å². The number of hydrogen-bond acceptors (Lipinski definition) is 3. The molecule has 1 aromatic carbocycles. The van der Waals surface area contributed by atoms with Gasteiger partial charge in [0.2, 0.25) is 0 Å². The molecule has 1 saturated heterocycles. The Hall–Kier alpha value is -2.27. The summed E-state index contributed by atoms with van der Waals surface area (Å²) in [5.41, 5.74) is 8.29. The summed E-state index contributed by atoms with van der Waals surface area (Å²) in [5.74, 6) is 1.15. The van der Waals surface area contributed by atoms with E-state index in [1.807, 2.05) is 0 Å². The van der Waals surface area contributed by atoms with Crippen LogP contribution in [-0.2, 0) is 11.2 Å². The number of ether oxygens (including phenoxy) is 1. The van der Waals surface area contributed by atoms with E-state index in [-0.39, 0.29) is 6.67 Å². The summed E-state index contributed by atoms with van der Waals surface area (Å²) in [4.78, 5) is 2.38. The maximum Gasteiger partial charge on any atom is 0.149 e. The molecule has 5 heteroatoms. The predicted molar refractivity (Wildman–Crippen MR) is 139 cm³/mol. The Bertz CT molecular complexity index is 951. The molecule has 1 aromatic rings. The number of allylic oxidation sites excluding steroid dienone is 5. The molecule has 0 saturated carbocycles. The third-order valence-corrected chi connectivity index (χ3v) is 7.42. The van der Waals surface area contributed by atoms with Crippen molar-refractivity contribution in [2.24, 2.45) is 5.92 Å². The number of hydrogen-bond donors (Lipinski definition) is 1. The average molecular weight is 448 g/mol. The number of rotatable bonds is 9. The molecule has 3 nitrogen and oxygen atoms in total. The van der Waals surface area contributed by atoms with Crippen LogP contribution in [0.4, 0.5) is 4.39 Å². The first-order valence-electron chi connectivity index (χ1n) is 12.6. The second-order valence-electron chi connectivity index (χ2n) is 9.56. The van der Waals surface area contributed by atoms with Gasteiger partial charge in [-0.3, -0.25) is 4.39 Å². The van der Waals surface area contributed by atoms with Crippen molar-refractivity contribution in [2.45, 2.75) is 51.4 Å². The maximum absolute atomic E-state index is 12.5. The number of methoxy groups -OCH3 is 1. The van der Waals surface area contributed by atoms with Crippen LogP contribution in [-0.4, -0.2) is 51.6 Å². The van der Waals surface area contributed by atoms with Gasteiger partial charge in [0.05, 0.1) is 13.8 Å². The molecule has 1 heterocycles. The van der Waals surface area contributed by atoms with Crippen molar-refractivity contribution in [1.82, 2.24) is 10.2 Å². The molecule has 0 radical (unpaired) electrons. The van der Waals surface area contributed by atoms with Crippen LogP contribution in [0.2, 0.25) is 6.82 Å². The summed E-state index contributed by atoms with van der Waals surface area (Å²) in [6, 6.07) is 7.20. The molecule has 176 valence electrons. The summed E-state index contributed by atoms with van der Waals surface area (Å²) >= 11 is 0. The number of likely N-dealkylation sites (tertiary alicyclic amines) is 1. The van der Waals surface area contributed by atoms with E-state index in [9.17, 15) is 4.39 Å². The van der Waals surface area contributed by atoms with Crippen molar-refractivity contribution >= 4 is 18.6 Å². The second kappa shape index (κ2) is 11.2. The van der Waals surface area contributed by atoms with Gasteiger partial charge in [-0.25, -0.2) is 0 Å². The number of nitrogens with zero attached hydrogens (tertiary/aromatic N) is 1. The lowest BCUT2D eigenvalue weighted by Gasteiger charge is -2.25. The van der Waals surface area contributed by atoms with E-state index < -0.39 is 0 Å². The zero-order chi connectivity index (χ0) is 23.2. The minimum Gasteiger partial charge on any atom is -0.497 e. The van der Waals surface area contributed by atoms with Crippen LogP contribution in [0.25, 0.3) is 11.3 Å². The first-order valence-corrected chi connectivity index (χ1v) is 12.6. The van der Waals surface area contributed by atoms with E-state index in [0.29, 0.717) is 18.4 Å². The van der Waals surface area contributed by atoms with Crippen molar-refractivity contribution in [2.75, 3.05) is 33.4 Å². The average Bonchev–Trinajstić information content (AvgIpc) is 3.20. The number of halogens is 1. The van der Waals surface area contributed by atoms with E-state index in [2.05, 4.69) is 60.0 Å². The fourth-order valence-electron chi connectivity index (χ4n) is 5.62. The van der Waals surface area contributed by atoms with Crippen LogP contribution < -0.4 is 5.32 Å². The Morgan fingerprint density at radius 2 is 2.21 bits per heavy atom. The molecule has 1 N–H and O–H groups in total. The summed E-state index contributed by atoms with van der Waals surface area (Å²) in [6.07, 6.45) is 13.3. The third kappa shape index (κ3) is 5.63. The van der Waals surface area contributed by atoms with Crippen LogP contribution in [0.5, 0.6) is 0 Å². The quantitative estimate of drug-likeness (QED) is 0.409. The molecule has 2 unspecified atom stereocenters. The van der Waals surface area contributed by atoms with Gasteiger partial charge in [0.15, 0.2) is 0 Å². The molecular formula is C28H38BFN2O. The molecule has 4 rings (SSSR count). The van der Waals surface area contributed by atoms with E-state index in [1.165, 1.54) is 35.2 Å². The number of alkyl halides is 1. The Morgan fingerprint density at radius 3 is 2.94 bits per heavy atom. The van der Waals surface area contributed by atoms with Crippen molar-refractivity contribution in [1.29, 1.82) is 0 Å². The first-order chi connectivity index (χ1) is 16.1. The molecule has 2 atom stereocenters. The SMILES string of the molecule is C=C(OC)c1ccc2c(c1)CCCC(BC)=C2C1C=CC(NC2CCN(CCCF)C2)=CC1. The first kappa shape index (κ1) is 23.9. The van der Waals surface area contributed by atoms with Crippen molar-refractivity contribution in [3.05, 3.63) is 70.9 Å². The third-order valence-electron chi connectivity index (χ3n) is 7.42. The molecule has 33 heavy (non-hydrogen) atoms. The molecular weight excluding hydrogens is 410 g/mol. The molecule has 3 aliphatic rings. The highest BCUT2D eigenvalue weighted by Crippen LogP contribution is 2.39. The molecule has 0 amide bonds. The van der Waals surface area contributed by atoms with E-state index in [0.717, 1.165) is 57.5 Å². The van der Waals surface area contributed by atoms with E-state index in [4.69, 9.17) is 4.74 Å². The minimum atomic E-state index is -0.217. The van der Waals surface area contributed by atoms with E-state index >= 15 is 0 Å². The molecule has 0 aromatic heterocycles. The van der Waals surface area contributed by atoms with Gasteiger partial charge in [0.1, 0.15) is 13.0 Å².